The summed E-state index contributed by atoms with van der Waals surface area (Å²) in [5.41, 5.74) is 1.40. The monoisotopic (exact) mass is 501 g/mol. The molecular weight excluding hydrogens is 474 g/mol. The molecule has 2 aliphatic rings. The minimum atomic E-state index is -0.196. The number of nitrogens with one attached hydrogen (secondary N) is 1. The van der Waals surface area contributed by atoms with Gasteiger partial charge in [-0.25, -0.2) is 0 Å². The Morgan fingerprint density at radius 1 is 1.08 bits per heavy atom. The summed E-state index contributed by atoms with van der Waals surface area (Å²) in [5, 5.41) is 10.8. The Labute approximate surface area is 215 Å². The molecule has 0 aliphatic heterocycles. The van der Waals surface area contributed by atoms with Crippen LogP contribution in [0.15, 0.2) is 66.7 Å². The Balaban J connectivity index is 1.45. The number of halogens is 1. The molecule has 6 nitrogen and oxygen atoms in total. The van der Waals surface area contributed by atoms with Crippen molar-refractivity contribution in [3.8, 4) is 17.3 Å². The van der Waals surface area contributed by atoms with Gasteiger partial charge in [-0.3, -0.25) is 4.79 Å². The van der Waals surface area contributed by atoms with Gasteiger partial charge in [-0.15, -0.1) is 0 Å². The first kappa shape index (κ1) is 23.1. The Hall–Kier alpha value is -3.35. The van der Waals surface area contributed by atoms with Gasteiger partial charge in [0.15, 0.2) is 5.69 Å². The zero-order valence-corrected chi connectivity index (χ0v) is 20.9. The summed E-state index contributed by atoms with van der Waals surface area (Å²) in [4.78, 5) is 13.7. The zero-order valence-electron chi connectivity index (χ0n) is 20.2. The lowest BCUT2D eigenvalue weighted by Crippen LogP contribution is -2.45. The fourth-order valence-electron chi connectivity index (χ4n) is 5.79. The predicted octanol–water partition coefficient (Wildman–Crippen LogP) is 6.68. The standard InChI is InChI=1S/C29H28ClN3O3/c1-35-18-23-26(27(34)31-29-14-12-19(17-29)13-15-29)32-33(25-9-5-4-8-24(25)30)28(23)36-22-11-10-20-6-2-3-7-21(20)16-22/h2-11,16,19H,12-15,17-18H2,1H3,(H,31,34). The number of nitrogens with zero attached hydrogens (tertiary/aromatic N) is 2. The van der Waals surface area contributed by atoms with Crippen LogP contribution in [0.3, 0.4) is 0 Å². The molecule has 3 aromatic carbocycles. The van der Waals surface area contributed by atoms with E-state index in [0.717, 1.165) is 36.0 Å². The van der Waals surface area contributed by atoms with Crippen molar-refractivity contribution in [3.05, 3.63) is 83.0 Å². The number of rotatable bonds is 7. The molecular formula is C29H28ClN3O3. The summed E-state index contributed by atoms with van der Waals surface area (Å²) < 4.78 is 13.6. The number of ether oxygens (including phenoxy) is 2. The van der Waals surface area contributed by atoms with Crippen molar-refractivity contribution >= 4 is 28.3 Å². The maximum atomic E-state index is 13.7. The van der Waals surface area contributed by atoms with E-state index in [1.165, 1.54) is 12.8 Å². The number of carbonyl (C=O) groups excluding carboxylic acids is 1. The quantitative estimate of drug-likeness (QED) is 0.307. The predicted molar refractivity (Wildman–Crippen MR) is 140 cm³/mol. The molecule has 0 unspecified atom stereocenters. The van der Waals surface area contributed by atoms with E-state index in [2.05, 4.69) is 11.4 Å². The van der Waals surface area contributed by atoms with Gasteiger partial charge in [0.05, 0.1) is 22.9 Å². The number of hydrogen-bond acceptors (Lipinski definition) is 4. The number of hydrogen-bond donors (Lipinski definition) is 1. The smallest absolute Gasteiger partial charge is 0.272 e. The van der Waals surface area contributed by atoms with Crippen molar-refractivity contribution in [2.24, 2.45) is 5.92 Å². The molecule has 2 bridgehead atoms. The van der Waals surface area contributed by atoms with Crippen LogP contribution < -0.4 is 10.1 Å². The van der Waals surface area contributed by atoms with Gasteiger partial charge in [-0.2, -0.15) is 9.78 Å². The van der Waals surface area contributed by atoms with Crippen molar-refractivity contribution in [1.82, 2.24) is 15.1 Å². The summed E-state index contributed by atoms with van der Waals surface area (Å²) in [6.45, 7) is 0.172. The second-order valence-electron chi connectivity index (χ2n) is 9.92. The molecule has 2 saturated carbocycles. The van der Waals surface area contributed by atoms with Crippen LogP contribution in [0.25, 0.3) is 16.5 Å². The lowest BCUT2D eigenvalue weighted by atomic mass is 9.93. The highest BCUT2D eigenvalue weighted by Crippen LogP contribution is 2.48. The third-order valence-corrected chi connectivity index (χ3v) is 7.90. The maximum Gasteiger partial charge on any atom is 0.272 e. The summed E-state index contributed by atoms with van der Waals surface area (Å²) in [6.07, 6.45) is 5.44. The van der Waals surface area contributed by atoms with Gasteiger partial charge in [-0.1, -0.05) is 54.1 Å². The Morgan fingerprint density at radius 2 is 1.83 bits per heavy atom. The van der Waals surface area contributed by atoms with Gasteiger partial charge < -0.3 is 14.8 Å². The molecule has 36 heavy (non-hydrogen) atoms. The largest absolute Gasteiger partial charge is 0.438 e. The molecule has 0 spiro atoms. The average Bonchev–Trinajstić information content (AvgIpc) is 3.58. The normalized spacial score (nSPS) is 20.7. The van der Waals surface area contributed by atoms with Gasteiger partial charge >= 0.3 is 0 Å². The zero-order chi connectivity index (χ0) is 24.7. The number of para-hydroxylation sites is 1. The van der Waals surface area contributed by atoms with Crippen LogP contribution >= 0.6 is 11.6 Å². The van der Waals surface area contributed by atoms with Crippen LogP contribution in [-0.2, 0) is 11.3 Å². The van der Waals surface area contributed by atoms with Gasteiger partial charge in [0.2, 0.25) is 5.88 Å². The fourth-order valence-corrected chi connectivity index (χ4v) is 6.01. The van der Waals surface area contributed by atoms with E-state index in [9.17, 15) is 4.79 Å². The molecule has 0 atom stereocenters. The molecule has 2 fully saturated rings. The van der Waals surface area contributed by atoms with E-state index in [1.807, 2.05) is 54.6 Å². The minimum Gasteiger partial charge on any atom is -0.438 e. The maximum absolute atomic E-state index is 13.7. The number of aromatic nitrogens is 2. The Morgan fingerprint density at radius 3 is 2.56 bits per heavy atom. The third kappa shape index (κ3) is 4.14. The molecule has 1 aromatic heterocycles. The first-order valence-electron chi connectivity index (χ1n) is 12.4. The number of methoxy groups -OCH3 is 1. The van der Waals surface area contributed by atoms with Crippen LogP contribution in [0.1, 0.15) is 48.2 Å². The van der Waals surface area contributed by atoms with Gasteiger partial charge in [0.1, 0.15) is 5.75 Å². The second-order valence-corrected chi connectivity index (χ2v) is 10.3. The lowest BCUT2D eigenvalue weighted by molar-refractivity contribution is 0.0890. The molecule has 7 heteroatoms. The van der Waals surface area contributed by atoms with Crippen LogP contribution in [-0.4, -0.2) is 28.3 Å². The molecule has 1 heterocycles. The molecule has 2 aliphatic carbocycles. The Bertz CT molecular complexity index is 1440. The van der Waals surface area contributed by atoms with Crippen LogP contribution in [0.4, 0.5) is 0 Å². The first-order valence-corrected chi connectivity index (χ1v) is 12.8. The highest BCUT2D eigenvalue weighted by Gasteiger charge is 2.46. The van der Waals surface area contributed by atoms with Gasteiger partial charge in [-0.05, 0) is 73.1 Å². The topological polar surface area (TPSA) is 65.4 Å². The number of fused-ring (bicyclic) bond motifs is 3. The minimum absolute atomic E-state index is 0.125. The SMILES string of the molecule is COCc1c(C(=O)NC23CCC(CC2)C3)nn(-c2ccccc2Cl)c1Oc1ccc2ccccc2c1. The van der Waals surface area contributed by atoms with E-state index in [-0.39, 0.29) is 18.1 Å². The van der Waals surface area contributed by atoms with E-state index < -0.39 is 0 Å². The fraction of sp³-hybridized carbons (Fsp3) is 0.310. The van der Waals surface area contributed by atoms with Crippen LogP contribution in [0.2, 0.25) is 5.02 Å². The molecule has 0 saturated heterocycles. The average molecular weight is 502 g/mol. The molecule has 4 aromatic rings. The Kier molecular flexibility index (Phi) is 5.94. The number of benzene rings is 3. The lowest BCUT2D eigenvalue weighted by Gasteiger charge is -2.27. The first-order chi connectivity index (χ1) is 17.5. The number of carbonyl (C=O) groups is 1. The summed E-state index contributed by atoms with van der Waals surface area (Å²) >= 11 is 6.57. The van der Waals surface area contributed by atoms with Crippen molar-refractivity contribution in [3.63, 3.8) is 0 Å². The highest BCUT2D eigenvalue weighted by molar-refractivity contribution is 6.32. The summed E-state index contributed by atoms with van der Waals surface area (Å²) in [7, 11) is 1.60. The van der Waals surface area contributed by atoms with Crippen molar-refractivity contribution in [1.29, 1.82) is 0 Å². The third-order valence-electron chi connectivity index (χ3n) is 7.58. The van der Waals surface area contributed by atoms with Crippen molar-refractivity contribution in [2.45, 2.75) is 44.2 Å². The molecule has 6 rings (SSSR count). The summed E-state index contributed by atoms with van der Waals surface area (Å²) in [5.74, 6) is 1.58. The summed E-state index contributed by atoms with van der Waals surface area (Å²) in [6, 6.07) is 21.4. The van der Waals surface area contributed by atoms with Crippen molar-refractivity contribution < 1.29 is 14.3 Å². The van der Waals surface area contributed by atoms with E-state index in [1.54, 1.807) is 17.9 Å². The van der Waals surface area contributed by atoms with Crippen LogP contribution in [0, 0.1) is 5.92 Å². The van der Waals surface area contributed by atoms with E-state index >= 15 is 0 Å². The van der Waals surface area contributed by atoms with Gasteiger partial charge in [0.25, 0.3) is 5.91 Å². The second kappa shape index (κ2) is 9.26. The van der Waals surface area contributed by atoms with Crippen LogP contribution in [0.5, 0.6) is 11.6 Å². The highest BCUT2D eigenvalue weighted by atomic mass is 35.5. The van der Waals surface area contributed by atoms with Gasteiger partial charge in [0, 0.05) is 12.6 Å². The molecule has 1 amide bonds. The molecule has 184 valence electrons. The van der Waals surface area contributed by atoms with E-state index in [4.69, 9.17) is 26.2 Å². The van der Waals surface area contributed by atoms with Crippen molar-refractivity contribution in [2.75, 3.05) is 7.11 Å². The molecule has 1 N–H and O–H groups in total. The molecule has 0 radical (unpaired) electrons. The number of amides is 1. The van der Waals surface area contributed by atoms with E-state index in [0.29, 0.717) is 33.6 Å².